The minimum atomic E-state index is -0.958. The van der Waals surface area contributed by atoms with Crippen molar-refractivity contribution in [3.05, 3.63) is 81.6 Å². The summed E-state index contributed by atoms with van der Waals surface area (Å²) >= 11 is 0. The number of ketones is 1. The Bertz CT molecular complexity index is 1400. The van der Waals surface area contributed by atoms with Gasteiger partial charge < -0.3 is 9.47 Å². The minimum absolute atomic E-state index is 0.0488. The molecular formula is C30H28N2O5. The summed E-state index contributed by atoms with van der Waals surface area (Å²) in [4.78, 5) is 39.9. The van der Waals surface area contributed by atoms with Crippen molar-refractivity contribution in [2.45, 2.75) is 64.3 Å². The molecule has 3 aliphatic heterocycles. The van der Waals surface area contributed by atoms with Gasteiger partial charge in [-0.05, 0) is 53.6 Å². The molecule has 6 rings (SSSR count). The van der Waals surface area contributed by atoms with Gasteiger partial charge in [0.25, 0.3) is 11.8 Å². The summed E-state index contributed by atoms with van der Waals surface area (Å²) < 4.78 is 13.1. The molecule has 2 amide bonds. The van der Waals surface area contributed by atoms with Crippen LogP contribution in [-0.2, 0) is 20.7 Å². The van der Waals surface area contributed by atoms with Crippen LogP contribution in [0.4, 0.5) is 0 Å². The van der Waals surface area contributed by atoms with E-state index in [9.17, 15) is 19.6 Å². The lowest BCUT2D eigenvalue weighted by Crippen LogP contribution is -2.49. The van der Waals surface area contributed by atoms with E-state index in [2.05, 4.69) is 19.9 Å². The largest absolute Gasteiger partial charge is 0.466 e. The first-order valence-electron chi connectivity index (χ1n) is 12.8. The van der Waals surface area contributed by atoms with Crippen LogP contribution in [0.25, 0.3) is 0 Å². The molecule has 0 radical (unpaired) electrons. The van der Waals surface area contributed by atoms with E-state index in [1.54, 1.807) is 30.3 Å². The number of hydrogen-bond acceptors (Lipinski definition) is 6. The van der Waals surface area contributed by atoms with Gasteiger partial charge in [-0.25, -0.2) is 0 Å². The standard InChI is InChI=1S/C30H28N2O5/c1-29(2)15-23(33)25-24(16-29)36-30(14-19-13-18(17-31)9-10-20(19)26(25)37-30)11-5-6-12-32-27(34)21-7-3-4-8-22(21)28(32)35/h3-4,7-10,13,26H,5-6,11-12,14-16H2,1-2H3/t26-,30-/m1/s1. The van der Waals surface area contributed by atoms with Crippen molar-refractivity contribution in [2.75, 3.05) is 6.54 Å². The Labute approximate surface area is 215 Å². The Balaban J connectivity index is 1.24. The molecule has 0 spiro atoms. The second-order valence-electron chi connectivity index (χ2n) is 11.3. The van der Waals surface area contributed by atoms with Crippen LogP contribution < -0.4 is 0 Å². The maximum atomic E-state index is 13.2. The van der Waals surface area contributed by atoms with Crippen LogP contribution in [0.15, 0.2) is 53.8 Å². The lowest BCUT2D eigenvalue weighted by molar-refractivity contribution is -0.266. The zero-order valence-electron chi connectivity index (χ0n) is 21.0. The minimum Gasteiger partial charge on any atom is -0.466 e. The molecule has 2 aromatic carbocycles. The van der Waals surface area contributed by atoms with Crippen molar-refractivity contribution in [2.24, 2.45) is 5.41 Å². The Morgan fingerprint density at radius 2 is 1.73 bits per heavy atom. The van der Waals surface area contributed by atoms with Gasteiger partial charge in [-0.1, -0.05) is 32.0 Å². The van der Waals surface area contributed by atoms with Gasteiger partial charge in [0.15, 0.2) is 5.78 Å². The highest BCUT2D eigenvalue weighted by molar-refractivity contribution is 6.21. The summed E-state index contributed by atoms with van der Waals surface area (Å²) in [6, 6.07) is 14.6. The number of amides is 2. The van der Waals surface area contributed by atoms with Crippen LogP contribution in [0.2, 0.25) is 0 Å². The number of Topliss-reactive ketones (excluding diaryl/α,β-unsaturated/α-hetero) is 1. The number of allylic oxidation sites excluding steroid dienone is 1. The number of hydrogen-bond donors (Lipinski definition) is 0. The second-order valence-corrected chi connectivity index (χ2v) is 11.3. The average molecular weight is 497 g/mol. The summed E-state index contributed by atoms with van der Waals surface area (Å²) in [5.41, 5.74) is 3.76. The Kier molecular flexibility index (Phi) is 5.36. The molecule has 7 heteroatoms. The number of unbranched alkanes of at least 4 members (excludes halogenated alkanes) is 1. The molecule has 0 fully saturated rings. The van der Waals surface area contributed by atoms with E-state index >= 15 is 0 Å². The van der Waals surface area contributed by atoms with E-state index in [1.165, 1.54) is 4.90 Å². The lowest BCUT2D eigenvalue weighted by Gasteiger charge is -2.50. The molecule has 188 valence electrons. The summed E-state index contributed by atoms with van der Waals surface area (Å²) in [6.45, 7) is 4.47. The van der Waals surface area contributed by atoms with Crippen LogP contribution in [-0.4, -0.2) is 34.8 Å². The Morgan fingerprint density at radius 3 is 2.43 bits per heavy atom. The third-order valence-corrected chi connectivity index (χ3v) is 7.86. The fourth-order valence-corrected chi connectivity index (χ4v) is 6.16. The fraction of sp³-hybridized carbons (Fsp3) is 0.400. The highest BCUT2D eigenvalue weighted by Gasteiger charge is 2.52. The zero-order chi connectivity index (χ0) is 25.9. The quantitative estimate of drug-likeness (QED) is 0.427. The van der Waals surface area contributed by atoms with Crippen LogP contribution >= 0.6 is 0 Å². The second kappa shape index (κ2) is 8.39. The predicted octanol–water partition coefficient (Wildman–Crippen LogP) is 5.01. The zero-order valence-corrected chi connectivity index (χ0v) is 21.0. The molecule has 0 aromatic heterocycles. The molecule has 0 saturated carbocycles. The van der Waals surface area contributed by atoms with Gasteiger partial charge in [-0.2, -0.15) is 5.26 Å². The highest BCUT2D eigenvalue weighted by atomic mass is 16.7. The number of nitrogens with zero attached hydrogens (tertiary/aromatic N) is 2. The smallest absolute Gasteiger partial charge is 0.261 e. The van der Waals surface area contributed by atoms with E-state index in [-0.39, 0.29) is 23.0 Å². The van der Waals surface area contributed by atoms with Crippen LogP contribution in [0, 0.1) is 16.7 Å². The lowest BCUT2D eigenvalue weighted by atomic mass is 9.72. The number of nitriles is 1. The first-order chi connectivity index (χ1) is 17.7. The van der Waals surface area contributed by atoms with Gasteiger partial charge in [0.1, 0.15) is 11.9 Å². The van der Waals surface area contributed by atoms with Gasteiger partial charge in [-0.3, -0.25) is 19.3 Å². The van der Waals surface area contributed by atoms with Gasteiger partial charge in [0.2, 0.25) is 5.79 Å². The maximum absolute atomic E-state index is 13.2. The van der Waals surface area contributed by atoms with Crippen molar-refractivity contribution in [1.82, 2.24) is 4.90 Å². The summed E-state index contributed by atoms with van der Waals surface area (Å²) in [5, 5.41) is 9.44. The average Bonchev–Trinajstić information content (AvgIpc) is 3.10. The Hall–Kier alpha value is -3.76. The first kappa shape index (κ1) is 23.6. The first-order valence-corrected chi connectivity index (χ1v) is 12.8. The number of carbonyl (C=O) groups excluding carboxylic acids is 3. The molecule has 0 unspecified atom stereocenters. The van der Waals surface area contributed by atoms with Crippen LogP contribution in [0.5, 0.6) is 0 Å². The van der Waals surface area contributed by atoms with Crippen molar-refractivity contribution >= 4 is 17.6 Å². The van der Waals surface area contributed by atoms with Gasteiger partial charge in [0.05, 0.1) is 28.3 Å². The molecule has 37 heavy (non-hydrogen) atoms. The summed E-state index contributed by atoms with van der Waals surface area (Å²) in [7, 11) is 0. The van der Waals surface area contributed by atoms with Gasteiger partial charge >= 0.3 is 0 Å². The fourth-order valence-electron chi connectivity index (χ4n) is 6.16. The number of rotatable bonds is 5. The van der Waals surface area contributed by atoms with Crippen LogP contribution in [0.3, 0.4) is 0 Å². The van der Waals surface area contributed by atoms with Crippen molar-refractivity contribution in [1.29, 1.82) is 5.26 Å². The predicted molar refractivity (Wildman–Crippen MR) is 133 cm³/mol. The molecule has 1 aliphatic carbocycles. The molecule has 3 heterocycles. The van der Waals surface area contributed by atoms with Gasteiger partial charge in [-0.15, -0.1) is 0 Å². The van der Waals surface area contributed by atoms with Crippen molar-refractivity contribution < 1.29 is 23.9 Å². The molecule has 2 atom stereocenters. The van der Waals surface area contributed by atoms with Gasteiger partial charge in [0, 0.05) is 32.2 Å². The summed E-state index contributed by atoms with van der Waals surface area (Å²) in [6.07, 6.45) is 2.85. The molecule has 0 N–H and O–H groups in total. The highest BCUT2D eigenvalue weighted by Crippen LogP contribution is 2.53. The van der Waals surface area contributed by atoms with Crippen molar-refractivity contribution in [3.63, 3.8) is 0 Å². The third-order valence-electron chi connectivity index (χ3n) is 7.86. The number of benzene rings is 2. The third kappa shape index (κ3) is 3.87. The topological polar surface area (TPSA) is 96.7 Å². The van der Waals surface area contributed by atoms with E-state index in [1.807, 2.05) is 12.1 Å². The molecule has 2 bridgehead atoms. The molecular weight excluding hydrogens is 468 g/mol. The number of fused-ring (bicyclic) bond motifs is 6. The SMILES string of the molecule is CC1(C)CC(=O)C2=C(C1)O[C@@]1(CCCCN3C(=O)c4ccccc4C3=O)Cc3cc(C#N)ccc3[C@H]2O1. The van der Waals surface area contributed by atoms with E-state index < -0.39 is 11.9 Å². The molecule has 0 saturated heterocycles. The van der Waals surface area contributed by atoms with E-state index in [4.69, 9.17) is 9.47 Å². The molecule has 4 aliphatic rings. The Morgan fingerprint density at radius 1 is 1.00 bits per heavy atom. The molecule has 2 aromatic rings. The number of ether oxygens (including phenoxy) is 2. The molecule has 7 nitrogen and oxygen atoms in total. The maximum Gasteiger partial charge on any atom is 0.261 e. The van der Waals surface area contributed by atoms with E-state index in [0.717, 1.165) is 11.1 Å². The number of carbonyl (C=O) groups is 3. The monoisotopic (exact) mass is 496 g/mol. The van der Waals surface area contributed by atoms with Crippen molar-refractivity contribution in [3.8, 4) is 6.07 Å². The summed E-state index contributed by atoms with van der Waals surface area (Å²) in [5.74, 6) is -0.699. The van der Waals surface area contributed by atoms with E-state index in [0.29, 0.717) is 73.1 Å². The normalized spacial score (nSPS) is 25.3. The number of imide groups is 1. The van der Waals surface area contributed by atoms with Crippen LogP contribution in [0.1, 0.15) is 89.5 Å².